The lowest BCUT2D eigenvalue weighted by atomic mass is 10.2. The Labute approximate surface area is 276 Å². The molecule has 1 aliphatic rings. The number of anilines is 2. The molecule has 0 saturated heterocycles. The zero-order chi connectivity index (χ0) is 35.8. The van der Waals surface area contributed by atoms with Crippen molar-refractivity contribution >= 4 is 41.8 Å². The number of ether oxygens (including phenoxy) is 4. The van der Waals surface area contributed by atoms with Gasteiger partial charge < -0.3 is 29.2 Å². The highest BCUT2D eigenvalue weighted by molar-refractivity contribution is 6.01. The van der Waals surface area contributed by atoms with Crippen molar-refractivity contribution in [1.82, 2.24) is 31.0 Å². The third-order valence-corrected chi connectivity index (χ3v) is 5.44. The summed E-state index contributed by atoms with van der Waals surface area (Å²) in [5.41, 5.74) is -2.77. The molecule has 0 saturated carbocycles. The second-order valence-corrected chi connectivity index (χ2v) is 14.8. The molecule has 0 atom stereocenters. The molecule has 0 aliphatic carbocycles. The molecule has 0 bridgehead atoms. The Hall–Kier alpha value is -4.44. The van der Waals surface area contributed by atoms with E-state index in [9.17, 15) is 19.2 Å². The van der Waals surface area contributed by atoms with Crippen LogP contribution < -0.4 is 31.5 Å². The SMILES string of the molecule is CC(C)(C)OC(=O)NC(=NCCN(c1cnn2c1NCCC2)C(NC(=O)OC(C)(C)C)NC(=O)OC(C)(C)C)NC(=O)OC(C)(C)C. The maximum Gasteiger partial charge on any atom is 0.414 e. The molecule has 1 aromatic heterocycles. The number of aromatic nitrogens is 2. The van der Waals surface area contributed by atoms with E-state index in [4.69, 9.17) is 18.9 Å². The fourth-order valence-electron chi connectivity index (χ4n) is 3.97. The predicted octanol–water partition coefficient (Wildman–Crippen LogP) is 4.24. The number of nitrogens with zero attached hydrogens (tertiary/aromatic N) is 4. The van der Waals surface area contributed by atoms with Gasteiger partial charge in [-0.1, -0.05) is 0 Å². The molecule has 0 fully saturated rings. The lowest BCUT2D eigenvalue weighted by Gasteiger charge is -2.35. The van der Waals surface area contributed by atoms with Crippen LogP contribution in [0, 0.1) is 0 Å². The first-order valence-electron chi connectivity index (χ1n) is 15.5. The Balaban J connectivity index is 2.49. The first-order valence-corrected chi connectivity index (χ1v) is 15.5. The number of fused-ring (bicyclic) bond motifs is 1. The van der Waals surface area contributed by atoms with Crippen molar-refractivity contribution < 1.29 is 38.1 Å². The van der Waals surface area contributed by atoms with E-state index < -0.39 is 53.1 Å². The van der Waals surface area contributed by atoms with Crippen LogP contribution in [0.1, 0.15) is 89.5 Å². The second kappa shape index (κ2) is 15.4. The molecule has 0 radical (unpaired) electrons. The molecule has 4 amide bonds. The largest absolute Gasteiger partial charge is 0.444 e. The highest BCUT2D eigenvalue weighted by Gasteiger charge is 2.31. The van der Waals surface area contributed by atoms with Crippen LogP contribution in [0.2, 0.25) is 0 Å². The summed E-state index contributed by atoms with van der Waals surface area (Å²) in [5.74, 6) is 0.418. The number of rotatable bonds is 7. The van der Waals surface area contributed by atoms with Gasteiger partial charge in [0.25, 0.3) is 0 Å². The van der Waals surface area contributed by atoms with Crippen molar-refractivity contribution in [3.63, 3.8) is 0 Å². The normalized spacial score (nSPS) is 13.3. The van der Waals surface area contributed by atoms with Gasteiger partial charge in [0, 0.05) is 19.6 Å². The summed E-state index contributed by atoms with van der Waals surface area (Å²) in [6.07, 6.45) is -2.08. The average Bonchev–Trinajstić information content (AvgIpc) is 3.25. The van der Waals surface area contributed by atoms with Crippen LogP contribution >= 0.6 is 0 Å². The Morgan fingerprint density at radius 2 is 1.26 bits per heavy atom. The predicted molar refractivity (Wildman–Crippen MR) is 176 cm³/mol. The fraction of sp³-hybridized carbons (Fsp3) is 0.733. The third-order valence-electron chi connectivity index (χ3n) is 5.44. The molecule has 0 spiro atoms. The molecular weight excluding hydrogens is 614 g/mol. The zero-order valence-electron chi connectivity index (χ0n) is 29.7. The highest BCUT2D eigenvalue weighted by atomic mass is 16.6. The first kappa shape index (κ1) is 38.7. The van der Waals surface area contributed by atoms with Gasteiger partial charge in [-0.15, -0.1) is 0 Å². The molecule has 17 nitrogen and oxygen atoms in total. The van der Waals surface area contributed by atoms with Crippen LogP contribution in [0.5, 0.6) is 0 Å². The molecule has 266 valence electrons. The van der Waals surface area contributed by atoms with Gasteiger partial charge in [-0.25, -0.2) is 23.9 Å². The third kappa shape index (κ3) is 15.1. The van der Waals surface area contributed by atoms with E-state index in [-0.39, 0.29) is 19.0 Å². The highest BCUT2D eigenvalue weighted by Crippen LogP contribution is 2.29. The number of aliphatic imine (C=N–C) groups is 1. The topological polar surface area (TPSA) is 199 Å². The summed E-state index contributed by atoms with van der Waals surface area (Å²) in [4.78, 5) is 57.3. The Kier molecular flexibility index (Phi) is 12.7. The molecule has 2 heterocycles. The van der Waals surface area contributed by atoms with Crippen LogP contribution in [0.3, 0.4) is 0 Å². The number of hydrogen-bond acceptors (Lipinski definition) is 12. The van der Waals surface area contributed by atoms with Crippen LogP contribution in [-0.2, 0) is 25.5 Å². The maximum absolute atomic E-state index is 13.0. The van der Waals surface area contributed by atoms with Gasteiger partial charge in [0.1, 0.15) is 33.9 Å². The van der Waals surface area contributed by atoms with E-state index in [2.05, 4.69) is 36.7 Å². The van der Waals surface area contributed by atoms with Crippen molar-refractivity contribution in [2.24, 2.45) is 4.99 Å². The minimum Gasteiger partial charge on any atom is -0.444 e. The van der Waals surface area contributed by atoms with Crippen molar-refractivity contribution in [1.29, 1.82) is 0 Å². The lowest BCUT2D eigenvalue weighted by Crippen LogP contribution is -2.60. The van der Waals surface area contributed by atoms with Crippen molar-refractivity contribution in [2.75, 3.05) is 29.9 Å². The summed E-state index contributed by atoms with van der Waals surface area (Å²) in [7, 11) is 0. The van der Waals surface area contributed by atoms with E-state index in [0.717, 1.165) is 6.42 Å². The smallest absolute Gasteiger partial charge is 0.414 e. The number of amides is 4. The quantitative estimate of drug-likeness (QED) is 0.121. The Bertz CT molecular complexity index is 1220. The van der Waals surface area contributed by atoms with E-state index in [0.29, 0.717) is 24.6 Å². The van der Waals surface area contributed by atoms with Gasteiger partial charge in [-0.3, -0.25) is 26.3 Å². The number of guanidine groups is 1. The number of hydrogen-bond donors (Lipinski definition) is 5. The van der Waals surface area contributed by atoms with E-state index in [1.165, 1.54) is 0 Å². The Morgan fingerprint density at radius 1 is 0.809 bits per heavy atom. The second-order valence-electron chi connectivity index (χ2n) is 14.8. The van der Waals surface area contributed by atoms with Gasteiger partial charge in [0.2, 0.25) is 5.96 Å². The summed E-state index contributed by atoms with van der Waals surface area (Å²) in [5, 5.41) is 18.1. The fourth-order valence-corrected chi connectivity index (χ4v) is 3.97. The minimum atomic E-state index is -1.21. The number of carbonyl (C=O) groups excluding carboxylic acids is 4. The van der Waals surface area contributed by atoms with Crippen LogP contribution in [0.15, 0.2) is 11.2 Å². The average molecular weight is 668 g/mol. The molecule has 47 heavy (non-hydrogen) atoms. The molecule has 5 N–H and O–H groups in total. The molecular formula is C30H53N9O8. The molecule has 1 aromatic rings. The molecule has 0 unspecified atom stereocenters. The summed E-state index contributed by atoms with van der Waals surface area (Å²) < 4.78 is 23.4. The van der Waals surface area contributed by atoms with Gasteiger partial charge in [-0.05, 0) is 89.5 Å². The molecule has 0 aromatic carbocycles. The molecule has 1 aliphatic heterocycles. The van der Waals surface area contributed by atoms with Crippen molar-refractivity contribution in [3.05, 3.63) is 6.20 Å². The summed E-state index contributed by atoms with van der Waals surface area (Å²) in [6.45, 7) is 21.7. The van der Waals surface area contributed by atoms with E-state index >= 15 is 0 Å². The van der Waals surface area contributed by atoms with Crippen molar-refractivity contribution in [3.8, 4) is 0 Å². The van der Waals surface area contributed by atoms with Gasteiger partial charge in [-0.2, -0.15) is 5.10 Å². The number of nitrogens with one attached hydrogen (secondary N) is 5. The Morgan fingerprint density at radius 3 is 1.70 bits per heavy atom. The first-order chi connectivity index (χ1) is 21.4. The zero-order valence-corrected chi connectivity index (χ0v) is 29.7. The maximum atomic E-state index is 13.0. The number of aryl methyl sites for hydroxylation is 1. The standard InChI is InChI=1S/C30H53N9O8/c1-27(2,3)44-23(40)34-21(35-24(41)45-28(4,5)6)32-15-17-38(19-18-33-39-16-13-14-31-20(19)39)22(36-25(42)46-29(7,8)9)37-26(43)47-30(10,11)12/h18,22,31H,13-17H2,1-12H3,(H,36,42)(H,37,43)(H2,32,34,35,40,41). The van der Waals surface area contributed by atoms with Crippen molar-refractivity contribution in [2.45, 2.75) is 125 Å². The monoisotopic (exact) mass is 667 g/mol. The summed E-state index contributed by atoms with van der Waals surface area (Å²) in [6, 6.07) is 0. The van der Waals surface area contributed by atoms with E-state index in [1.807, 2.05) is 0 Å². The van der Waals surface area contributed by atoms with Crippen LogP contribution in [0.25, 0.3) is 0 Å². The lowest BCUT2D eigenvalue weighted by molar-refractivity contribution is 0.0418. The number of carbonyl (C=O) groups is 4. The molecule has 2 rings (SSSR count). The minimum absolute atomic E-state index is 0.0200. The number of alkyl carbamates (subject to hydrolysis) is 4. The molecule has 17 heteroatoms. The van der Waals surface area contributed by atoms with Gasteiger partial charge in [0.15, 0.2) is 6.29 Å². The van der Waals surface area contributed by atoms with Crippen LogP contribution in [0.4, 0.5) is 30.7 Å². The van der Waals surface area contributed by atoms with Gasteiger partial charge in [0.05, 0.1) is 12.7 Å². The van der Waals surface area contributed by atoms with Crippen LogP contribution in [-0.4, -0.2) is 88.4 Å². The summed E-state index contributed by atoms with van der Waals surface area (Å²) >= 11 is 0. The van der Waals surface area contributed by atoms with Gasteiger partial charge >= 0.3 is 24.4 Å². The van der Waals surface area contributed by atoms with E-state index in [1.54, 1.807) is 98.9 Å².